The Kier molecular flexibility index (Phi) is 5.63. The van der Waals surface area contributed by atoms with Crippen molar-refractivity contribution < 1.29 is 37.0 Å². The van der Waals surface area contributed by atoms with Gasteiger partial charge in [-0.1, -0.05) is 5.21 Å². The molecule has 1 fully saturated rings. The van der Waals surface area contributed by atoms with Gasteiger partial charge in [0.15, 0.2) is 29.7 Å². The van der Waals surface area contributed by atoms with E-state index >= 15 is 0 Å². The zero-order chi connectivity index (χ0) is 20.4. The van der Waals surface area contributed by atoms with Gasteiger partial charge in [-0.25, -0.2) is 17.9 Å². The summed E-state index contributed by atoms with van der Waals surface area (Å²) >= 11 is 0. The minimum absolute atomic E-state index is 0.0248. The summed E-state index contributed by atoms with van der Waals surface area (Å²) < 4.78 is 57.2. The van der Waals surface area contributed by atoms with E-state index in [9.17, 15) is 22.8 Å². The van der Waals surface area contributed by atoms with Crippen LogP contribution in [0.5, 0.6) is 0 Å². The molecule has 2 aromatic rings. The second-order valence-corrected chi connectivity index (χ2v) is 6.16. The Hall–Kier alpha value is -2.95. The number of halogens is 3. The van der Waals surface area contributed by atoms with Crippen LogP contribution >= 0.6 is 0 Å². The first-order valence-electron chi connectivity index (χ1n) is 8.25. The van der Waals surface area contributed by atoms with E-state index < -0.39 is 47.6 Å². The molecule has 0 saturated carbocycles. The van der Waals surface area contributed by atoms with Crippen molar-refractivity contribution in [2.24, 2.45) is 0 Å². The number of aromatic nitrogens is 3. The minimum Gasteiger partial charge on any atom is -0.458 e. The molecular weight excluding hydrogens is 383 g/mol. The molecule has 3 rings (SSSR count). The van der Waals surface area contributed by atoms with E-state index in [2.05, 4.69) is 10.3 Å². The summed E-state index contributed by atoms with van der Waals surface area (Å²) in [7, 11) is 0. The minimum atomic E-state index is -1.59. The summed E-state index contributed by atoms with van der Waals surface area (Å²) in [5.74, 6) is -5.49. The fourth-order valence-corrected chi connectivity index (χ4v) is 2.97. The van der Waals surface area contributed by atoms with E-state index in [1.54, 1.807) is 0 Å². The van der Waals surface area contributed by atoms with E-state index in [1.807, 2.05) is 0 Å². The molecule has 1 aliphatic heterocycles. The second-order valence-electron chi connectivity index (χ2n) is 6.16. The molecule has 1 aromatic carbocycles. The van der Waals surface area contributed by atoms with Gasteiger partial charge in [-0.3, -0.25) is 9.59 Å². The summed E-state index contributed by atoms with van der Waals surface area (Å²) in [6.45, 7) is 2.47. The highest BCUT2D eigenvalue weighted by Crippen LogP contribution is 2.29. The SMILES string of the molecule is CC(=O)OC1COCC(OC(C)=O)C1n1cc(-c2cc(F)c(F)c(F)c2)nn1. The molecule has 2 unspecified atom stereocenters. The Morgan fingerprint density at radius 3 is 2.11 bits per heavy atom. The average Bonchev–Trinajstić information content (AvgIpc) is 3.08. The molecule has 0 N–H and O–H groups in total. The molecule has 0 amide bonds. The zero-order valence-electron chi connectivity index (χ0n) is 14.9. The van der Waals surface area contributed by atoms with Gasteiger partial charge in [0, 0.05) is 19.4 Å². The van der Waals surface area contributed by atoms with Crippen molar-refractivity contribution >= 4 is 11.9 Å². The van der Waals surface area contributed by atoms with Crippen molar-refractivity contribution in [1.29, 1.82) is 0 Å². The van der Waals surface area contributed by atoms with Gasteiger partial charge in [0.05, 0.1) is 19.4 Å². The van der Waals surface area contributed by atoms with Crippen molar-refractivity contribution in [3.05, 3.63) is 35.8 Å². The fourth-order valence-electron chi connectivity index (χ4n) is 2.97. The first-order valence-corrected chi connectivity index (χ1v) is 8.25. The number of carbonyl (C=O) groups is 2. The predicted molar refractivity (Wildman–Crippen MR) is 86.3 cm³/mol. The lowest BCUT2D eigenvalue weighted by Gasteiger charge is -2.36. The largest absolute Gasteiger partial charge is 0.458 e. The highest BCUT2D eigenvalue weighted by Gasteiger charge is 2.40. The van der Waals surface area contributed by atoms with Gasteiger partial charge in [-0.15, -0.1) is 5.10 Å². The monoisotopic (exact) mass is 399 g/mol. The maximum Gasteiger partial charge on any atom is 0.303 e. The van der Waals surface area contributed by atoms with Gasteiger partial charge < -0.3 is 14.2 Å². The number of nitrogens with zero attached hydrogens (tertiary/aromatic N) is 3. The molecule has 28 heavy (non-hydrogen) atoms. The number of carbonyl (C=O) groups excluding carboxylic acids is 2. The van der Waals surface area contributed by atoms with Crippen LogP contribution in [0.2, 0.25) is 0 Å². The molecule has 0 spiro atoms. The summed E-state index contributed by atoms with van der Waals surface area (Å²) in [6.07, 6.45) is -0.353. The lowest BCUT2D eigenvalue weighted by atomic mass is 10.0. The quantitative estimate of drug-likeness (QED) is 0.572. The maximum atomic E-state index is 13.5. The Morgan fingerprint density at radius 1 is 1.07 bits per heavy atom. The molecule has 11 heteroatoms. The first kappa shape index (κ1) is 19.8. The van der Waals surface area contributed by atoms with E-state index in [0.717, 1.165) is 12.1 Å². The number of esters is 2. The van der Waals surface area contributed by atoms with Crippen molar-refractivity contribution in [1.82, 2.24) is 15.0 Å². The molecule has 1 aromatic heterocycles. The van der Waals surface area contributed by atoms with Crippen molar-refractivity contribution in [2.75, 3.05) is 13.2 Å². The standard InChI is InChI=1S/C17H16F3N3O5/c1-8(24)27-14-6-26-7-15(28-9(2)25)17(14)23-5-13(21-22-23)10-3-11(18)16(20)12(19)4-10/h3-5,14-15,17H,6-7H2,1-2H3. The van der Waals surface area contributed by atoms with Gasteiger partial charge >= 0.3 is 11.9 Å². The van der Waals surface area contributed by atoms with Crippen LogP contribution in [0.15, 0.2) is 18.3 Å². The highest BCUT2D eigenvalue weighted by molar-refractivity contribution is 5.67. The number of hydrogen-bond acceptors (Lipinski definition) is 7. The molecule has 8 nitrogen and oxygen atoms in total. The Labute approximate surface area is 157 Å². The smallest absolute Gasteiger partial charge is 0.303 e. The normalized spacial score (nSPS) is 22.0. The Morgan fingerprint density at radius 2 is 1.61 bits per heavy atom. The molecule has 0 radical (unpaired) electrons. The lowest BCUT2D eigenvalue weighted by molar-refractivity contribution is -0.180. The topological polar surface area (TPSA) is 92.5 Å². The van der Waals surface area contributed by atoms with Crippen LogP contribution in [-0.2, 0) is 23.8 Å². The summed E-state index contributed by atoms with van der Waals surface area (Å²) in [5.41, 5.74) is 0.00947. The van der Waals surface area contributed by atoms with Crippen LogP contribution in [0.1, 0.15) is 19.9 Å². The third-order valence-corrected chi connectivity index (χ3v) is 4.06. The average molecular weight is 399 g/mol. The van der Waals surface area contributed by atoms with Crippen molar-refractivity contribution in [3.63, 3.8) is 0 Å². The summed E-state index contributed by atoms with van der Waals surface area (Å²) in [6, 6.07) is 0.784. The zero-order valence-corrected chi connectivity index (χ0v) is 14.9. The molecule has 2 atom stereocenters. The van der Waals surface area contributed by atoms with Crippen LogP contribution in [0.3, 0.4) is 0 Å². The number of rotatable bonds is 4. The van der Waals surface area contributed by atoms with E-state index in [1.165, 1.54) is 24.7 Å². The lowest BCUT2D eigenvalue weighted by Crippen LogP contribution is -2.48. The third-order valence-electron chi connectivity index (χ3n) is 4.06. The summed E-state index contributed by atoms with van der Waals surface area (Å²) in [5, 5.41) is 7.74. The molecule has 0 bridgehead atoms. The fraction of sp³-hybridized carbons (Fsp3) is 0.412. The Bertz CT molecular complexity index is 857. The van der Waals surface area contributed by atoms with Crippen LogP contribution < -0.4 is 0 Å². The van der Waals surface area contributed by atoms with Crippen LogP contribution in [0, 0.1) is 17.5 Å². The van der Waals surface area contributed by atoms with Gasteiger partial charge in [-0.05, 0) is 12.1 Å². The predicted octanol–water partition coefficient (Wildman–Crippen LogP) is 1.80. The van der Waals surface area contributed by atoms with E-state index in [0.29, 0.717) is 0 Å². The van der Waals surface area contributed by atoms with Crippen LogP contribution in [-0.4, -0.2) is 52.4 Å². The molecule has 2 heterocycles. The summed E-state index contributed by atoms with van der Waals surface area (Å²) in [4.78, 5) is 22.8. The molecule has 1 aliphatic rings. The molecule has 0 aliphatic carbocycles. The van der Waals surface area contributed by atoms with E-state index in [-0.39, 0.29) is 24.5 Å². The first-order chi connectivity index (χ1) is 13.3. The number of ether oxygens (including phenoxy) is 3. The van der Waals surface area contributed by atoms with Crippen molar-refractivity contribution in [2.45, 2.75) is 32.1 Å². The number of hydrogen-bond donors (Lipinski definition) is 0. The number of benzene rings is 1. The molecular formula is C17H16F3N3O5. The van der Waals surface area contributed by atoms with Crippen molar-refractivity contribution in [3.8, 4) is 11.3 Å². The van der Waals surface area contributed by atoms with Crippen LogP contribution in [0.25, 0.3) is 11.3 Å². The van der Waals surface area contributed by atoms with Gasteiger partial charge in [0.1, 0.15) is 11.7 Å². The highest BCUT2D eigenvalue weighted by atomic mass is 19.2. The van der Waals surface area contributed by atoms with Gasteiger partial charge in [0.2, 0.25) is 0 Å². The third kappa shape index (κ3) is 4.14. The van der Waals surface area contributed by atoms with Gasteiger partial charge in [-0.2, -0.15) is 0 Å². The van der Waals surface area contributed by atoms with Gasteiger partial charge in [0.25, 0.3) is 0 Å². The Balaban J connectivity index is 1.96. The second kappa shape index (κ2) is 7.97. The van der Waals surface area contributed by atoms with E-state index in [4.69, 9.17) is 14.2 Å². The van der Waals surface area contributed by atoms with Crippen LogP contribution in [0.4, 0.5) is 13.2 Å². The molecule has 1 saturated heterocycles. The molecule has 150 valence electrons. The maximum absolute atomic E-state index is 13.5.